The molecule has 1 fully saturated rings. The van der Waals surface area contributed by atoms with Gasteiger partial charge in [0.25, 0.3) is 0 Å². The van der Waals surface area contributed by atoms with E-state index in [4.69, 9.17) is 9.47 Å². The third-order valence-electron chi connectivity index (χ3n) is 6.21. The molecule has 27 heavy (non-hydrogen) atoms. The molecular weight excluding hydrogens is 360 g/mol. The smallest absolute Gasteiger partial charge is 0.328 e. The molecule has 0 amide bonds. The standard InChI is InChI=1S/C21H24N2O3S/c1-4-26-19(24)21(27-13-23)17-9-15(12-22)5-6-16(17)11-20(21)8-7-18(25-3)14(2)10-20/h5-6,9,14,18H,4,7-8,10-11H2,1-3H3/t14-,18-,20-,21+/m0/s1. The van der Waals surface area contributed by atoms with Crippen LogP contribution in [-0.2, 0) is 25.4 Å². The van der Waals surface area contributed by atoms with Gasteiger partial charge >= 0.3 is 5.97 Å². The van der Waals surface area contributed by atoms with E-state index < -0.39 is 10.2 Å². The third-order valence-corrected chi connectivity index (χ3v) is 7.43. The van der Waals surface area contributed by atoms with Gasteiger partial charge in [0.15, 0.2) is 4.75 Å². The van der Waals surface area contributed by atoms with Crippen molar-refractivity contribution in [3.8, 4) is 11.5 Å². The van der Waals surface area contributed by atoms with Crippen molar-refractivity contribution >= 4 is 17.7 Å². The fraction of sp³-hybridized carbons (Fsp3) is 0.571. The molecule has 3 rings (SSSR count). The highest BCUT2D eigenvalue weighted by Gasteiger charge is 2.65. The average Bonchev–Trinajstić information content (AvgIpc) is 2.91. The van der Waals surface area contributed by atoms with Crippen molar-refractivity contribution in [1.82, 2.24) is 0 Å². The summed E-state index contributed by atoms with van der Waals surface area (Å²) < 4.78 is 10.0. The fourth-order valence-electron chi connectivity index (χ4n) is 5.12. The molecule has 1 spiro atoms. The number of hydrogen-bond acceptors (Lipinski definition) is 6. The Kier molecular flexibility index (Phi) is 5.51. The molecule has 0 saturated heterocycles. The topological polar surface area (TPSA) is 83.1 Å². The van der Waals surface area contributed by atoms with Crippen molar-refractivity contribution in [2.75, 3.05) is 13.7 Å². The molecule has 0 aliphatic heterocycles. The van der Waals surface area contributed by atoms with Gasteiger partial charge in [0.05, 0.1) is 24.3 Å². The minimum Gasteiger partial charge on any atom is -0.465 e. The molecule has 0 radical (unpaired) electrons. The van der Waals surface area contributed by atoms with Crippen LogP contribution in [0.25, 0.3) is 0 Å². The molecule has 0 aromatic heterocycles. The Labute approximate surface area is 164 Å². The maximum atomic E-state index is 13.3. The van der Waals surface area contributed by atoms with Crippen LogP contribution in [0.3, 0.4) is 0 Å². The lowest BCUT2D eigenvalue weighted by molar-refractivity contribution is -0.152. The van der Waals surface area contributed by atoms with Crippen LogP contribution in [0.4, 0.5) is 0 Å². The zero-order valence-corrected chi connectivity index (χ0v) is 16.8. The molecule has 0 unspecified atom stereocenters. The number of thioether (sulfide) groups is 1. The van der Waals surface area contributed by atoms with Crippen molar-refractivity contribution in [2.45, 2.75) is 50.4 Å². The molecule has 0 bridgehead atoms. The van der Waals surface area contributed by atoms with Gasteiger partial charge in [0, 0.05) is 12.5 Å². The fourth-order valence-corrected chi connectivity index (χ4v) is 6.17. The van der Waals surface area contributed by atoms with Crippen LogP contribution in [0.1, 0.15) is 49.8 Å². The highest BCUT2D eigenvalue weighted by atomic mass is 32.2. The Morgan fingerprint density at radius 2 is 2.19 bits per heavy atom. The first-order chi connectivity index (χ1) is 13.0. The molecule has 0 heterocycles. The molecule has 2 aliphatic rings. The summed E-state index contributed by atoms with van der Waals surface area (Å²) in [5, 5.41) is 21.2. The summed E-state index contributed by atoms with van der Waals surface area (Å²) in [5.74, 6) is -0.102. The number of methoxy groups -OCH3 is 1. The van der Waals surface area contributed by atoms with E-state index in [1.54, 1.807) is 26.2 Å². The maximum absolute atomic E-state index is 13.3. The summed E-state index contributed by atoms with van der Waals surface area (Å²) in [7, 11) is 1.73. The van der Waals surface area contributed by atoms with E-state index in [0.717, 1.165) is 42.2 Å². The van der Waals surface area contributed by atoms with Gasteiger partial charge in [0.1, 0.15) is 5.40 Å². The summed E-state index contributed by atoms with van der Waals surface area (Å²) in [6, 6.07) is 7.65. The number of nitrogens with zero attached hydrogens (tertiary/aromatic N) is 2. The van der Waals surface area contributed by atoms with Crippen molar-refractivity contribution in [2.24, 2.45) is 11.3 Å². The Morgan fingerprint density at radius 3 is 2.78 bits per heavy atom. The number of fused-ring (bicyclic) bond motifs is 1. The van der Waals surface area contributed by atoms with Gasteiger partial charge in [-0.3, -0.25) is 4.79 Å². The molecule has 1 aromatic carbocycles. The monoisotopic (exact) mass is 384 g/mol. The van der Waals surface area contributed by atoms with E-state index in [2.05, 4.69) is 18.4 Å². The lowest BCUT2D eigenvalue weighted by atomic mass is 9.62. The summed E-state index contributed by atoms with van der Waals surface area (Å²) in [6.07, 6.45) is 3.25. The number of hydrogen-bond donors (Lipinski definition) is 0. The molecule has 0 N–H and O–H groups in total. The van der Waals surface area contributed by atoms with Gasteiger partial charge in [-0.25, -0.2) is 0 Å². The number of thiocyanates is 1. The number of benzene rings is 1. The normalized spacial score (nSPS) is 31.7. The minimum absolute atomic E-state index is 0.154. The van der Waals surface area contributed by atoms with Crippen molar-refractivity contribution in [3.63, 3.8) is 0 Å². The summed E-state index contributed by atoms with van der Waals surface area (Å²) in [6.45, 7) is 4.18. The van der Waals surface area contributed by atoms with E-state index >= 15 is 0 Å². The Bertz CT molecular complexity index is 828. The second-order valence-corrected chi connectivity index (χ2v) is 8.53. The predicted octanol–water partition coefficient (Wildman–Crippen LogP) is 3.91. The van der Waals surface area contributed by atoms with E-state index in [-0.39, 0.29) is 24.6 Å². The van der Waals surface area contributed by atoms with Gasteiger partial charge in [-0.05, 0) is 73.5 Å². The van der Waals surface area contributed by atoms with E-state index in [1.807, 2.05) is 6.07 Å². The number of carbonyl (C=O) groups is 1. The van der Waals surface area contributed by atoms with Crippen LogP contribution in [0.15, 0.2) is 18.2 Å². The molecule has 142 valence electrons. The molecular formula is C21H24N2O3S. The van der Waals surface area contributed by atoms with Gasteiger partial charge in [-0.1, -0.05) is 13.0 Å². The summed E-state index contributed by atoms with van der Waals surface area (Å²) >= 11 is 0.993. The van der Waals surface area contributed by atoms with Gasteiger partial charge < -0.3 is 9.47 Å². The molecule has 1 aromatic rings. The number of ether oxygens (including phenoxy) is 2. The second-order valence-electron chi connectivity index (χ2n) is 7.53. The summed E-state index contributed by atoms with van der Waals surface area (Å²) in [4.78, 5) is 13.3. The first-order valence-corrected chi connectivity index (χ1v) is 10.1. The van der Waals surface area contributed by atoms with Crippen LogP contribution < -0.4 is 0 Å². The van der Waals surface area contributed by atoms with Gasteiger partial charge in [-0.2, -0.15) is 10.5 Å². The molecule has 1 saturated carbocycles. The van der Waals surface area contributed by atoms with Crippen molar-refractivity contribution in [1.29, 1.82) is 10.5 Å². The molecule has 6 heteroatoms. The van der Waals surface area contributed by atoms with Crippen LogP contribution >= 0.6 is 11.8 Å². The van der Waals surface area contributed by atoms with Crippen LogP contribution in [0, 0.1) is 33.3 Å². The number of rotatable bonds is 4. The highest BCUT2D eigenvalue weighted by molar-refractivity contribution is 8.05. The minimum atomic E-state index is -1.10. The highest BCUT2D eigenvalue weighted by Crippen LogP contribution is 2.65. The molecule has 2 aliphatic carbocycles. The Morgan fingerprint density at radius 1 is 1.41 bits per heavy atom. The van der Waals surface area contributed by atoms with E-state index in [0.29, 0.717) is 12.0 Å². The summed E-state index contributed by atoms with van der Waals surface area (Å²) in [5.41, 5.74) is 1.89. The van der Waals surface area contributed by atoms with Crippen molar-refractivity contribution < 1.29 is 14.3 Å². The second kappa shape index (κ2) is 7.54. The van der Waals surface area contributed by atoms with Crippen LogP contribution in [-0.4, -0.2) is 25.8 Å². The van der Waals surface area contributed by atoms with Crippen LogP contribution in [0.5, 0.6) is 0 Å². The lowest BCUT2D eigenvalue weighted by Gasteiger charge is -2.48. The van der Waals surface area contributed by atoms with E-state index in [1.165, 1.54) is 0 Å². The number of esters is 1. The van der Waals surface area contributed by atoms with E-state index in [9.17, 15) is 15.3 Å². The number of carbonyl (C=O) groups excluding carboxylic acids is 1. The SMILES string of the molecule is CCOC(=O)[C@]1(SC#N)c2cc(C#N)ccc2C[C@@]12CC[C@H](OC)[C@@H](C)C2. The lowest BCUT2D eigenvalue weighted by Crippen LogP contribution is -2.51. The van der Waals surface area contributed by atoms with Crippen molar-refractivity contribution in [3.05, 3.63) is 34.9 Å². The first-order valence-electron chi connectivity index (χ1n) is 9.28. The Hall–Kier alpha value is -2.02. The zero-order chi connectivity index (χ0) is 19.7. The predicted molar refractivity (Wildman–Crippen MR) is 103 cm³/mol. The maximum Gasteiger partial charge on any atom is 0.328 e. The quantitative estimate of drug-likeness (QED) is 0.578. The number of nitriles is 2. The Balaban J connectivity index is 2.20. The zero-order valence-electron chi connectivity index (χ0n) is 15.9. The van der Waals surface area contributed by atoms with Gasteiger partial charge in [0.2, 0.25) is 0 Å². The molecule has 5 nitrogen and oxygen atoms in total. The van der Waals surface area contributed by atoms with Crippen LogP contribution in [0.2, 0.25) is 0 Å². The largest absolute Gasteiger partial charge is 0.465 e. The average molecular weight is 385 g/mol. The molecule has 4 atom stereocenters. The third kappa shape index (κ3) is 2.92. The van der Waals surface area contributed by atoms with Gasteiger partial charge in [-0.15, -0.1) is 0 Å². The first kappa shape index (κ1) is 19.7.